The second kappa shape index (κ2) is 6.55. The Balaban J connectivity index is 2.14. The molecule has 0 spiro atoms. The smallest absolute Gasteiger partial charge is 0.318 e. The number of rotatable bonds is 3. The molecular formula is C19H28N2O. The Hall–Kier alpha value is -1.77. The van der Waals surface area contributed by atoms with Gasteiger partial charge in [-0.05, 0) is 64.2 Å². The maximum absolute atomic E-state index is 12.6. The van der Waals surface area contributed by atoms with E-state index >= 15 is 0 Å². The summed E-state index contributed by atoms with van der Waals surface area (Å²) in [6, 6.07) is 8.62. The lowest BCUT2D eigenvalue weighted by Gasteiger charge is -2.37. The number of nitrogens with one attached hydrogen (secondary N) is 1. The van der Waals surface area contributed by atoms with E-state index in [1.807, 2.05) is 17.9 Å². The van der Waals surface area contributed by atoms with E-state index in [1.54, 1.807) is 0 Å². The summed E-state index contributed by atoms with van der Waals surface area (Å²) in [5.74, 6) is 0. The van der Waals surface area contributed by atoms with Crippen LogP contribution in [0.15, 0.2) is 30.8 Å². The van der Waals surface area contributed by atoms with Crippen LogP contribution in [0.4, 0.5) is 4.79 Å². The van der Waals surface area contributed by atoms with E-state index in [9.17, 15) is 4.79 Å². The first-order valence-corrected chi connectivity index (χ1v) is 8.16. The van der Waals surface area contributed by atoms with E-state index in [1.165, 1.54) is 6.42 Å². The number of allylic oxidation sites excluding steroid dienone is 1. The van der Waals surface area contributed by atoms with Crippen molar-refractivity contribution < 1.29 is 4.79 Å². The number of urea groups is 1. The third-order valence-corrected chi connectivity index (χ3v) is 4.56. The number of amides is 2. The van der Waals surface area contributed by atoms with Crippen molar-refractivity contribution in [2.75, 3.05) is 6.54 Å². The van der Waals surface area contributed by atoms with Crippen molar-refractivity contribution in [3.63, 3.8) is 0 Å². The fraction of sp³-hybridized carbons (Fsp3) is 0.526. The van der Waals surface area contributed by atoms with Crippen molar-refractivity contribution in [2.24, 2.45) is 0 Å². The van der Waals surface area contributed by atoms with E-state index in [0.717, 1.165) is 36.1 Å². The highest BCUT2D eigenvalue weighted by Crippen LogP contribution is 2.25. The van der Waals surface area contributed by atoms with Gasteiger partial charge >= 0.3 is 6.03 Å². The normalized spacial score (nSPS) is 18.9. The summed E-state index contributed by atoms with van der Waals surface area (Å²) in [5, 5.41) is 3.20. The van der Waals surface area contributed by atoms with Crippen LogP contribution in [0, 0.1) is 0 Å². The van der Waals surface area contributed by atoms with Crippen molar-refractivity contribution in [3.8, 4) is 0 Å². The zero-order valence-electron chi connectivity index (χ0n) is 14.3. The molecule has 3 heteroatoms. The van der Waals surface area contributed by atoms with Crippen LogP contribution >= 0.6 is 0 Å². The minimum Gasteiger partial charge on any atom is -0.329 e. The first-order valence-electron chi connectivity index (χ1n) is 8.16. The third kappa shape index (κ3) is 3.70. The number of nitrogens with zero attached hydrogens (tertiary/aromatic N) is 1. The topological polar surface area (TPSA) is 32.3 Å². The summed E-state index contributed by atoms with van der Waals surface area (Å²) in [7, 11) is 0. The molecule has 0 saturated carbocycles. The fourth-order valence-corrected chi connectivity index (χ4v) is 2.98. The SMILES string of the molecule is C=C(C)c1cccc(C(C)(C)NC(=O)N2CCCCC2C)c1. The molecule has 1 aromatic carbocycles. The molecule has 2 amide bonds. The lowest BCUT2D eigenvalue weighted by molar-refractivity contribution is 0.149. The molecule has 1 fully saturated rings. The van der Waals surface area contributed by atoms with Crippen LogP contribution in [0.2, 0.25) is 0 Å². The maximum atomic E-state index is 12.6. The highest BCUT2D eigenvalue weighted by atomic mass is 16.2. The van der Waals surface area contributed by atoms with Crippen molar-refractivity contribution in [1.82, 2.24) is 10.2 Å². The highest BCUT2D eigenvalue weighted by Gasteiger charge is 2.29. The molecule has 0 bridgehead atoms. The van der Waals surface area contributed by atoms with E-state index < -0.39 is 5.54 Å². The zero-order valence-corrected chi connectivity index (χ0v) is 14.3. The molecular weight excluding hydrogens is 272 g/mol. The number of likely N-dealkylation sites (tertiary alicyclic amines) is 1. The standard InChI is InChI=1S/C19H28N2O/c1-14(2)16-10-8-11-17(13-16)19(4,5)20-18(22)21-12-7-6-9-15(21)3/h8,10-11,13,15H,1,6-7,9,12H2,2-5H3,(H,20,22). The number of piperidine rings is 1. The highest BCUT2D eigenvalue weighted by molar-refractivity contribution is 5.76. The molecule has 0 radical (unpaired) electrons. The average Bonchev–Trinajstić information content (AvgIpc) is 2.47. The third-order valence-electron chi connectivity index (χ3n) is 4.56. The Kier molecular flexibility index (Phi) is 4.94. The van der Waals surface area contributed by atoms with Crippen molar-refractivity contribution >= 4 is 11.6 Å². The number of hydrogen-bond donors (Lipinski definition) is 1. The molecule has 1 atom stereocenters. The second-order valence-electron chi connectivity index (χ2n) is 6.95. The Labute approximate surface area is 134 Å². The molecule has 1 aliphatic heterocycles. The predicted molar refractivity (Wildman–Crippen MR) is 92.7 cm³/mol. The van der Waals surface area contributed by atoms with Crippen LogP contribution in [0.3, 0.4) is 0 Å². The molecule has 1 saturated heterocycles. The van der Waals surface area contributed by atoms with Gasteiger partial charge in [0.25, 0.3) is 0 Å². The van der Waals surface area contributed by atoms with Crippen LogP contribution in [0.25, 0.3) is 5.57 Å². The summed E-state index contributed by atoms with van der Waals surface area (Å²) in [4.78, 5) is 14.6. The van der Waals surface area contributed by atoms with Crippen LogP contribution in [0.5, 0.6) is 0 Å². The lowest BCUT2D eigenvalue weighted by atomic mass is 9.91. The van der Waals surface area contributed by atoms with Crippen LogP contribution in [-0.4, -0.2) is 23.5 Å². The second-order valence-corrected chi connectivity index (χ2v) is 6.95. The van der Waals surface area contributed by atoms with E-state index in [0.29, 0.717) is 6.04 Å². The van der Waals surface area contributed by atoms with E-state index in [4.69, 9.17) is 0 Å². The van der Waals surface area contributed by atoms with Gasteiger partial charge in [0.05, 0.1) is 5.54 Å². The van der Waals surface area contributed by atoms with Gasteiger partial charge in [0, 0.05) is 12.6 Å². The number of carbonyl (C=O) groups excluding carboxylic acids is 1. The minimum absolute atomic E-state index is 0.0397. The quantitative estimate of drug-likeness (QED) is 0.873. The molecule has 120 valence electrons. The van der Waals surface area contributed by atoms with Gasteiger partial charge in [0.15, 0.2) is 0 Å². The molecule has 1 N–H and O–H groups in total. The molecule has 2 rings (SSSR count). The minimum atomic E-state index is -0.403. The van der Waals surface area contributed by atoms with E-state index in [-0.39, 0.29) is 6.03 Å². The van der Waals surface area contributed by atoms with Crippen molar-refractivity contribution in [3.05, 3.63) is 42.0 Å². The summed E-state index contributed by atoms with van der Waals surface area (Å²) in [6.07, 6.45) is 3.41. The molecule has 3 nitrogen and oxygen atoms in total. The number of hydrogen-bond acceptors (Lipinski definition) is 1. The van der Waals surface area contributed by atoms with Gasteiger partial charge in [0.1, 0.15) is 0 Å². The van der Waals surface area contributed by atoms with Gasteiger partial charge < -0.3 is 10.2 Å². The maximum Gasteiger partial charge on any atom is 0.318 e. The predicted octanol–water partition coefficient (Wildman–Crippen LogP) is 4.54. The van der Waals surface area contributed by atoms with Gasteiger partial charge in [-0.25, -0.2) is 4.79 Å². The first kappa shape index (κ1) is 16.6. The van der Waals surface area contributed by atoms with Crippen molar-refractivity contribution in [2.45, 2.75) is 58.5 Å². The molecule has 1 aromatic rings. The molecule has 1 heterocycles. The van der Waals surface area contributed by atoms with Crippen LogP contribution < -0.4 is 5.32 Å². The molecule has 22 heavy (non-hydrogen) atoms. The molecule has 0 aliphatic carbocycles. The summed E-state index contributed by atoms with van der Waals surface area (Å²) in [5.41, 5.74) is 2.85. The molecule has 1 aliphatic rings. The van der Waals surface area contributed by atoms with Crippen LogP contribution in [0.1, 0.15) is 58.1 Å². The summed E-state index contributed by atoms with van der Waals surface area (Å²) >= 11 is 0. The molecule has 1 unspecified atom stereocenters. The molecule has 0 aromatic heterocycles. The Morgan fingerprint density at radius 2 is 2.09 bits per heavy atom. The Morgan fingerprint density at radius 1 is 1.36 bits per heavy atom. The largest absolute Gasteiger partial charge is 0.329 e. The fourth-order valence-electron chi connectivity index (χ4n) is 2.98. The van der Waals surface area contributed by atoms with Gasteiger partial charge in [-0.2, -0.15) is 0 Å². The monoisotopic (exact) mass is 300 g/mol. The van der Waals surface area contributed by atoms with Gasteiger partial charge in [-0.1, -0.05) is 30.4 Å². The van der Waals surface area contributed by atoms with Crippen LogP contribution in [-0.2, 0) is 5.54 Å². The van der Waals surface area contributed by atoms with E-state index in [2.05, 4.69) is 50.9 Å². The number of benzene rings is 1. The summed E-state index contributed by atoms with van der Waals surface area (Å²) < 4.78 is 0. The number of carbonyl (C=O) groups is 1. The first-order chi connectivity index (χ1) is 10.3. The van der Waals surface area contributed by atoms with Gasteiger partial charge in [-0.15, -0.1) is 0 Å². The average molecular weight is 300 g/mol. The zero-order chi connectivity index (χ0) is 16.3. The summed E-state index contributed by atoms with van der Waals surface area (Å²) in [6.45, 7) is 13.1. The lowest BCUT2D eigenvalue weighted by Crippen LogP contribution is -2.52. The van der Waals surface area contributed by atoms with Gasteiger partial charge in [-0.3, -0.25) is 0 Å². The van der Waals surface area contributed by atoms with Crippen molar-refractivity contribution in [1.29, 1.82) is 0 Å². The Bertz CT molecular complexity index is 562. The Morgan fingerprint density at radius 3 is 2.73 bits per heavy atom. The van der Waals surface area contributed by atoms with Gasteiger partial charge in [0.2, 0.25) is 0 Å².